The predicted octanol–water partition coefficient (Wildman–Crippen LogP) is 2.73. The molecule has 0 aliphatic heterocycles. The summed E-state index contributed by atoms with van der Waals surface area (Å²) in [5.74, 6) is -1.32. The standard InChI is InChI=1S/C18H14F2N4O2/c1-8-12(6-21-7-14(8)20)10-2-9-5-22-16(4-15(9)23-17(10)25)24-18(26)11-3-13(11)19/h2,4-7,11,13H,3H2,1H3,(H,23,25)(H,22,24,26)/t11-,13+/m0/s1. The van der Waals surface area contributed by atoms with Crippen molar-refractivity contribution in [3.63, 3.8) is 0 Å². The SMILES string of the molecule is Cc1c(F)cncc1-c1cc2cnc(NC(=O)[C@H]3C[C@H]3F)cc2[nH]c1=O. The monoisotopic (exact) mass is 356 g/mol. The molecule has 0 spiro atoms. The highest BCUT2D eigenvalue weighted by molar-refractivity contribution is 5.95. The van der Waals surface area contributed by atoms with E-state index in [1.54, 1.807) is 13.0 Å². The van der Waals surface area contributed by atoms with Crippen LogP contribution in [-0.4, -0.2) is 27.0 Å². The van der Waals surface area contributed by atoms with E-state index in [4.69, 9.17) is 0 Å². The van der Waals surface area contributed by atoms with Crippen LogP contribution in [0.5, 0.6) is 0 Å². The minimum Gasteiger partial charge on any atom is -0.321 e. The number of aromatic amines is 1. The number of anilines is 1. The number of halogens is 2. The second-order valence-electron chi connectivity index (χ2n) is 6.31. The molecule has 1 saturated carbocycles. The van der Waals surface area contributed by atoms with Crippen LogP contribution in [0.3, 0.4) is 0 Å². The highest BCUT2D eigenvalue weighted by Crippen LogP contribution is 2.34. The molecule has 6 nitrogen and oxygen atoms in total. The number of aromatic nitrogens is 3. The molecule has 0 radical (unpaired) electrons. The zero-order chi connectivity index (χ0) is 18.4. The fourth-order valence-electron chi connectivity index (χ4n) is 2.79. The summed E-state index contributed by atoms with van der Waals surface area (Å²) in [6, 6.07) is 3.10. The van der Waals surface area contributed by atoms with Crippen LogP contribution in [0.4, 0.5) is 14.6 Å². The first-order valence-corrected chi connectivity index (χ1v) is 8.02. The van der Waals surface area contributed by atoms with Gasteiger partial charge in [0.2, 0.25) is 5.91 Å². The third-order valence-corrected chi connectivity index (χ3v) is 4.47. The molecule has 0 aromatic carbocycles. The van der Waals surface area contributed by atoms with Gasteiger partial charge in [0.15, 0.2) is 0 Å². The molecule has 3 heterocycles. The average Bonchev–Trinajstić information content (AvgIpc) is 3.34. The summed E-state index contributed by atoms with van der Waals surface area (Å²) >= 11 is 0. The van der Waals surface area contributed by atoms with Crippen LogP contribution in [0.25, 0.3) is 22.0 Å². The van der Waals surface area contributed by atoms with E-state index < -0.39 is 29.4 Å². The molecule has 0 saturated heterocycles. The summed E-state index contributed by atoms with van der Waals surface area (Å²) in [6.45, 7) is 1.57. The van der Waals surface area contributed by atoms with Gasteiger partial charge in [-0.3, -0.25) is 14.6 Å². The van der Waals surface area contributed by atoms with Gasteiger partial charge in [0.25, 0.3) is 5.56 Å². The minimum absolute atomic E-state index is 0.223. The molecular weight excluding hydrogens is 342 g/mol. The van der Waals surface area contributed by atoms with Crippen molar-refractivity contribution in [1.82, 2.24) is 15.0 Å². The first-order chi connectivity index (χ1) is 12.4. The van der Waals surface area contributed by atoms with E-state index in [0.29, 0.717) is 22.0 Å². The van der Waals surface area contributed by atoms with E-state index in [1.165, 1.54) is 18.5 Å². The van der Waals surface area contributed by atoms with Crippen LogP contribution in [0.15, 0.2) is 35.5 Å². The molecule has 2 N–H and O–H groups in total. The summed E-state index contributed by atoms with van der Waals surface area (Å²) in [5, 5.41) is 3.14. The molecule has 1 aliphatic rings. The number of nitrogens with zero attached hydrogens (tertiary/aromatic N) is 2. The summed E-state index contributed by atoms with van der Waals surface area (Å²) in [7, 11) is 0. The molecule has 1 amide bonds. The highest BCUT2D eigenvalue weighted by Gasteiger charge is 2.43. The molecule has 0 bridgehead atoms. The topological polar surface area (TPSA) is 87.7 Å². The number of fused-ring (bicyclic) bond motifs is 1. The Morgan fingerprint density at radius 3 is 2.77 bits per heavy atom. The quantitative estimate of drug-likeness (QED) is 0.755. The molecule has 8 heteroatoms. The zero-order valence-corrected chi connectivity index (χ0v) is 13.7. The fourth-order valence-corrected chi connectivity index (χ4v) is 2.79. The van der Waals surface area contributed by atoms with Crippen molar-refractivity contribution < 1.29 is 13.6 Å². The Balaban J connectivity index is 1.72. The Kier molecular flexibility index (Phi) is 3.75. The van der Waals surface area contributed by atoms with Crippen molar-refractivity contribution in [2.45, 2.75) is 19.5 Å². The molecule has 1 fully saturated rings. The number of nitrogens with one attached hydrogen (secondary N) is 2. The van der Waals surface area contributed by atoms with Gasteiger partial charge in [-0.1, -0.05) is 0 Å². The van der Waals surface area contributed by atoms with Crippen molar-refractivity contribution in [3.05, 3.63) is 52.5 Å². The number of hydrogen-bond acceptors (Lipinski definition) is 4. The van der Waals surface area contributed by atoms with E-state index in [-0.39, 0.29) is 17.8 Å². The highest BCUT2D eigenvalue weighted by atomic mass is 19.1. The van der Waals surface area contributed by atoms with Crippen LogP contribution < -0.4 is 10.9 Å². The van der Waals surface area contributed by atoms with Crippen molar-refractivity contribution in [3.8, 4) is 11.1 Å². The van der Waals surface area contributed by atoms with Crippen molar-refractivity contribution >= 4 is 22.6 Å². The molecule has 3 aromatic rings. The predicted molar refractivity (Wildman–Crippen MR) is 91.9 cm³/mol. The molecule has 2 atom stereocenters. The van der Waals surface area contributed by atoms with Crippen molar-refractivity contribution in [1.29, 1.82) is 0 Å². The van der Waals surface area contributed by atoms with Gasteiger partial charge < -0.3 is 10.3 Å². The van der Waals surface area contributed by atoms with Crippen LogP contribution in [0.1, 0.15) is 12.0 Å². The Morgan fingerprint density at radius 2 is 2.04 bits per heavy atom. The normalized spacial score (nSPS) is 18.7. The van der Waals surface area contributed by atoms with Gasteiger partial charge >= 0.3 is 0 Å². The Labute approximate surface area is 146 Å². The number of pyridine rings is 3. The largest absolute Gasteiger partial charge is 0.321 e. The number of carbonyl (C=O) groups excluding carboxylic acids is 1. The van der Waals surface area contributed by atoms with Gasteiger partial charge in [-0.2, -0.15) is 0 Å². The third-order valence-electron chi connectivity index (χ3n) is 4.47. The second kappa shape index (κ2) is 5.98. The van der Waals surface area contributed by atoms with E-state index in [9.17, 15) is 18.4 Å². The van der Waals surface area contributed by atoms with E-state index in [1.807, 2.05) is 0 Å². The minimum atomic E-state index is -1.10. The second-order valence-corrected chi connectivity index (χ2v) is 6.31. The van der Waals surface area contributed by atoms with Gasteiger partial charge in [-0.15, -0.1) is 0 Å². The lowest BCUT2D eigenvalue weighted by Crippen LogP contribution is -2.16. The smallest absolute Gasteiger partial charge is 0.256 e. The summed E-state index contributed by atoms with van der Waals surface area (Å²) in [6.07, 6.45) is 3.13. The maximum Gasteiger partial charge on any atom is 0.256 e. The summed E-state index contributed by atoms with van der Waals surface area (Å²) < 4.78 is 26.7. The van der Waals surface area contributed by atoms with Gasteiger partial charge in [0.1, 0.15) is 17.8 Å². The van der Waals surface area contributed by atoms with Crippen LogP contribution in [-0.2, 0) is 4.79 Å². The lowest BCUT2D eigenvalue weighted by atomic mass is 10.0. The first-order valence-electron chi connectivity index (χ1n) is 8.02. The maximum atomic E-state index is 13.7. The van der Waals surface area contributed by atoms with Gasteiger partial charge in [-0.25, -0.2) is 13.8 Å². The molecule has 4 rings (SSSR count). The molecule has 26 heavy (non-hydrogen) atoms. The summed E-state index contributed by atoms with van der Waals surface area (Å²) in [5.41, 5.74) is 1.04. The van der Waals surface area contributed by atoms with Gasteiger partial charge in [0, 0.05) is 35.0 Å². The lowest BCUT2D eigenvalue weighted by Gasteiger charge is -2.08. The molecule has 1 aliphatic carbocycles. The van der Waals surface area contributed by atoms with Gasteiger partial charge in [0.05, 0.1) is 17.6 Å². The Morgan fingerprint density at radius 1 is 1.27 bits per heavy atom. The fraction of sp³-hybridized carbons (Fsp3) is 0.222. The number of rotatable bonds is 3. The number of H-pyrrole nitrogens is 1. The first kappa shape index (κ1) is 16.3. The number of amides is 1. The molecule has 3 aromatic heterocycles. The Bertz CT molecular complexity index is 1100. The summed E-state index contributed by atoms with van der Waals surface area (Å²) in [4.78, 5) is 34.8. The third kappa shape index (κ3) is 2.83. The van der Waals surface area contributed by atoms with E-state index in [0.717, 1.165) is 6.20 Å². The molecule has 132 valence electrons. The van der Waals surface area contributed by atoms with Gasteiger partial charge in [-0.05, 0) is 25.0 Å². The van der Waals surface area contributed by atoms with E-state index >= 15 is 0 Å². The lowest BCUT2D eigenvalue weighted by molar-refractivity contribution is -0.117. The van der Waals surface area contributed by atoms with Crippen molar-refractivity contribution in [2.24, 2.45) is 5.92 Å². The van der Waals surface area contributed by atoms with Crippen LogP contribution in [0.2, 0.25) is 0 Å². The number of hydrogen-bond donors (Lipinski definition) is 2. The zero-order valence-electron chi connectivity index (χ0n) is 13.7. The molecular formula is C18H14F2N4O2. The number of alkyl halides is 1. The van der Waals surface area contributed by atoms with Crippen LogP contribution >= 0.6 is 0 Å². The Hall–Kier alpha value is -3.16. The van der Waals surface area contributed by atoms with E-state index in [2.05, 4.69) is 20.3 Å². The van der Waals surface area contributed by atoms with Crippen molar-refractivity contribution in [2.75, 3.05) is 5.32 Å². The molecule has 0 unspecified atom stereocenters. The number of carbonyl (C=O) groups is 1. The van der Waals surface area contributed by atoms with Crippen LogP contribution in [0, 0.1) is 18.7 Å². The maximum absolute atomic E-state index is 13.7. The average molecular weight is 356 g/mol.